The molecular weight excluding hydrogens is 455 g/mol. The molecule has 0 atom stereocenters. The maximum Gasteiger partial charge on any atom is 0.232 e. The van der Waals surface area contributed by atoms with Crippen LogP contribution in [-0.4, -0.2) is 46.9 Å². The van der Waals surface area contributed by atoms with Crippen molar-refractivity contribution in [3.05, 3.63) is 63.7 Å². The lowest BCUT2D eigenvalue weighted by atomic mass is 9.91. The van der Waals surface area contributed by atoms with E-state index in [-0.39, 0.29) is 17.3 Å². The van der Waals surface area contributed by atoms with E-state index in [2.05, 4.69) is 23.6 Å². The van der Waals surface area contributed by atoms with Gasteiger partial charge >= 0.3 is 0 Å². The van der Waals surface area contributed by atoms with E-state index in [1.54, 1.807) is 18.2 Å². The number of phenols is 1. The molecule has 0 saturated carbocycles. The van der Waals surface area contributed by atoms with Gasteiger partial charge in [0.2, 0.25) is 5.78 Å². The SMILES string of the molecule is Cc1c(CN2CCC(C)CC2)c(O)c(CN2CCC(C)CC2)c2c1C(=O)C(=Cc1ccccc1F)O2. The number of aromatic hydroxyl groups is 1. The summed E-state index contributed by atoms with van der Waals surface area (Å²) in [5, 5.41) is 11.6. The number of allylic oxidation sites excluding steroid dienone is 1. The molecule has 0 aliphatic carbocycles. The highest BCUT2D eigenvalue weighted by Gasteiger charge is 2.36. The van der Waals surface area contributed by atoms with Crippen molar-refractivity contribution in [1.29, 1.82) is 0 Å². The molecule has 0 spiro atoms. The number of carbonyl (C=O) groups excluding carboxylic acids is 1. The minimum absolute atomic E-state index is 0.107. The van der Waals surface area contributed by atoms with Gasteiger partial charge in [0, 0.05) is 24.2 Å². The summed E-state index contributed by atoms with van der Waals surface area (Å²) in [5.74, 6) is 1.55. The van der Waals surface area contributed by atoms with Crippen LogP contribution in [0.15, 0.2) is 30.0 Å². The molecule has 6 heteroatoms. The molecule has 36 heavy (non-hydrogen) atoms. The fourth-order valence-electron chi connectivity index (χ4n) is 5.66. The highest BCUT2D eigenvalue weighted by molar-refractivity contribution is 6.16. The second-order valence-corrected chi connectivity index (χ2v) is 11.0. The van der Waals surface area contributed by atoms with Gasteiger partial charge in [-0.1, -0.05) is 32.0 Å². The summed E-state index contributed by atoms with van der Waals surface area (Å²) in [6, 6.07) is 6.36. The van der Waals surface area contributed by atoms with Gasteiger partial charge in [-0.3, -0.25) is 14.6 Å². The number of benzene rings is 2. The molecule has 1 N–H and O–H groups in total. The van der Waals surface area contributed by atoms with E-state index in [1.807, 2.05) is 6.92 Å². The Labute approximate surface area is 213 Å². The topological polar surface area (TPSA) is 53.0 Å². The van der Waals surface area contributed by atoms with Crippen LogP contribution in [0.2, 0.25) is 0 Å². The number of fused-ring (bicyclic) bond motifs is 1. The van der Waals surface area contributed by atoms with Crippen LogP contribution in [0.3, 0.4) is 0 Å². The molecule has 5 nitrogen and oxygen atoms in total. The number of likely N-dealkylation sites (tertiary alicyclic amines) is 2. The first-order valence-corrected chi connectivity index (χ1v) is 13.3. The molecule has 0 amide bonds. The van der Waals surface area contributed by atoms with Gasteiger partial charge in [-0.25, -0.2) is 4.39 Å². The second-order valence-electron chi connectivity index (χ2n) is 11.0. The Morgan fingerprint density at radius 3 is 2.11 bits per heavy atom. The summed E-state index contributed by atoms with van der Waals surface area (Å²) in [6.07, 6.45) is 5.99. The Bertz CT molecular complexity index is 1180. The summed E-state index contributed by atoms with van der Waals surface area (Å²) in [4.78, 5) is 18.3. The Balaban J connectivity index is 1.54. The fourth-order valence-corrected chi connectivity index (χ4v) is 5.66. The highest BCUT2D eigenvalue weighted by Crippen LogP contribution is 2.45. The molecule has 2 saturated heterocycles. The Kier molecular flexibility index (Phi) is 7.18. The molecule has 5 rings (SSSR count). The van der Waals surface area contributed by atoms with E-state index in [0.717, 1.165) is 63.0 Å². The molecule has 0 radical (unpaired) electrons. The van der Waals surface area contributed by atoms with Gasteiger partial charge in [-0.2, -0.15) is 0 Å². The van der Waals surface area contributed by atoms with Gasteiger partial charge in [0.05, 0.1) is 11.1 Å². The van der Waals surface area contributed by atoms with Gasteiger partial charge in [0.15, 0.2) is 5.76 Å². The smallest absolute Gasteiger partial charge is 0.232 e. The van der Waals surface area contributed by atoms with Crippen LogP contribution in [0.1, 0.15) is 72.1 Å². The number of rotatable bonds is 5. The lowest BCUT2D eigenvalue weighted by Gasteiger charge is -2.33. The minimum atomic E-state index is -0.403. The Hall–Kier alpha value is -2.70. The van der Waals surface area contributed by atoms with E-state index in [0.29, 0.717) is 47.4 Å². The predicted molar refractivity (Wildman–Crippen MR) is 140 cm³/mol. The van der Waals surface area contributed by atoms with Gasteiger partial charge < -0.3 is 9.84 Å². The number of Topliss-reactive ketones (excluding diaryl/α,β-unsaturated/α-hetero) is 1. The number of halogens is 1. The predicted octanol–water partition coefficient (Wildman–Crippen LogP) is 5.92. The molecule has 0 unspecified atom stereocenters. The average molecular weight is 493 g/mol. The molecule has 3 aliphatic rings. The second kappa shape index (κ2) is 10.3. The maximum absolute atomic E-state index is 14.4. The van der Waals surface area contributed by atoms with Crippen molar-refractivity contribution in [2.45, 2.75) is 59.5 Å². The third-order valence-electron chi connectivity index (χ3n) is 8.27. The number of ketones is 1. The number of carbonyl (C=O) groups is 1. The first-order valence-electron chi connectivity index (χ1n) is 13.3. The van der Waals surface area contributed by atoms with Crippen LogP contribution in [0, 0.1) is 24.6 Å². The first kappa shape index (κ1) is 25.0. The van der Waals surface area contributed by atoms with Crippen LogP contribution in [0.4, 0.5) is 4.39 Å². The van der Waals surface area contributed by atoms with Crippen molar-refractivity contribution < 1.29 is 19.0 Å². The zero-order valence-corrected chi connectivity index (χ0v) is 21.6. The third kappa shape index (κ3) is 4.94. The van der Waals surface area contributed by atoms with E-state index in [4.69, 9.17) is 4.74 Å². The van der Waals surface area contributed by atoms with Crippen molar-refractivity contribution in [3.63, 3.8) is 0 Å². The number of hydrogen-bond acceptors (Lipinski definition) is 5. The van der Waals surface area contributed by atoms with Gasteiger partial charge in [-0.15, -0.1) is 0 Å². The van der Waals surface area contributed by atoms with E-state index in [1.165, 1.54) is 12.1 Å². The molecule has 3 heterocycles. The lowest BCUT2D eigenvalue weighted by molar-refractivity contribution is 0.101. The number of hydrogen-bond donors (Lipinski definition) is 1. The molecule has 2 fully saturated rings. The molecule has 0 bridgehead atoms. The normalized spacial score (nSPS) is 21.2. The number of phenolic OH excluding ortho intramolecular Hbond substituents is 1. The van der Waals surface area contributed by atoms with Gasteiger partial charge in [0.1, 0.15) is 17.3 Å². The minimum Gasteiger partial charge on any atom is -0.507 e. The molecule has 2 aromatic carbocycles. The highest BCUT2D eigenvalue weighted by atomic mass is 19.1. The zero-order chi connectivity index (χ0) is 25.4. The van der Waals surface area contributed by atoms with Crippen molar-refractivity contribution >= 4 is 11.9 Å². The quantitative estimate of drug-likeness (QED) is 0.525. The van der Waals surface area contributed by atoms with Crippen LogP contribution >= 0.6 is 0 Å². The van der Waals surface area contributed by atoms with Crippen molar-refractivity contribution in [2.75, 3.05) is 26.2 Å². The largest absolute Gasteiger partial charge is 0.507 e. The van der Waals surface area contributed by atoms with Crippen molar-refractivity contribution in [1.82, 2.24) is 9.80 Å². The van der Waals surface area contributed by atoms with Crippen molar-refractivity contribution in [2.24, 2.45) is 11.8 Å². The van der Waals surface area contributed by atoms with Crippen LogP contribution in [-0.2, 0) is 13.1 Å². The molecule has 0 aromatic heterocycles. The van der Waals surface area contributed by atoms with Crippen LogP contribution in [0.25, 0.3) is 6.08 Å². The summed E-state index contributed by atoms with van der Waals surface area (Å²) in [6.45, 7) is 11.5. The first-order chi connectivity index (χ1) is 17.3. The monoisotopic (exact) mass is 492 g/mol. The standard InChI is InChI=1S/C30H37FN2O3/c1-19-8-12-32(13-9-19)17-23-21(3)27-29(35)26(16-22-6-4-5-7-25(22)31)36-30(27)24(28(23)34)18-33-14-10-20(2)11-15-33/h4-7,16,19-20,34H,8-15,17-18H2,1-3H3. The van der Waals surface area contributed by atoms with E-state index in [9.17, 15) is 14.3 Å². The third-order valence-corrected chi connectivity index (χ3v) is 8.27. The summed E-state index contributed by atoms with van der Waals surface area (Å²) < 4.78 is 20.5. The average Bonchev–Trinajstić information content (AvgIpc) is 3.19. The van der Waals surface area contributed by atoms with Gasteiger partial charge in [-0.05, 0) is 88.3 Å². The summed E-state index contributed by atoms with van der Waals surface area (Å²) >= 11 is 0. The number of nitrogens with zero attached hydrogens (tertiary/aromatic N) is 2. The van der Waals surface area contributed by atoms with Crippen LogP contribution < -0.4 is 4.74 Å². The molecule has 3 aliphatic heterocycles. The maximum atomic E-state index is 14.4. The fraction of sp³-hybridized carbons (Fsp3) is 0.500. The Morgan fingerprint density at radius 1 is 0.972 bits per heavy atom. The summed E-state index contributed by atoms with van der Waals surface area (Å²) in [5.41, 5.74) is 3.07. The lowest BCUT2D eigenvalue weighted by Crippen LogP contribution is -2.33. The number of piperidine rings is 2. The van der Waals surface area contributed by atoms with E-state index < -0.39 is 5.82 Å². The molecule has 192 valence electrons. The Morgan fingerprint density at radius 2 is 1.53 bits per heavy atom. The zero-order valence-electron chi connectivity index (χ0n) is 21.6. The van der Waals surface area contributed by atoms with Gasteiger partial charge in [0.25, 0.3) is 0 Å². The molecule has 2 aromatic rings. The van der Waals surface area contributed by atoms with Crippen LogP contribution in [0.5, 0.6) is 11.5 Å². The number of ether oxygens (including phenoxy) is 1. The van der Waals surface area contributed by atoms with Crippen molar-refractivity contribution in [3.8, 4) is 11.5 Å². The van der Waals surface area contributed by atoms with E-state index >= 15 is 0 Å². The molecular formula is C30H37FN2O3. The summed E-state index contributed by atoms with van der Waals surface area (Å²) in [7, 11) is 0.